The minimum absolute atomic E-state index is 0.0301. The standard InChI is InChI=1S/C7H15NO3/c1-3-7(11)8(2)4-6(10)5-9/h6,9-10H,3-5H2,1-2H3/t6-/m1/s1. The van der Waals surface area contributed by atoms with E-state index < -0.39 is 6.10 Å². The SMILES string of the molecule is CCC(=O)N(C)C[C@@H](O)CO. The van der Waals surface area contributed by atoms with E-state index in [0.29, 0.717) is 6.42 Å². The second-order valence-electron chi connectivity index (χ2n) is 2.46. The van der Waals surface area contributed by atoms with Gasteiger partial charge in [-0.1, -0.05) is 6.92 Å². The molecule has 11 heavy (non-hydrogen) atoms. The highest BCUT2D eigenvalue weighted by molar-refractivity contribution is 5.75. The second-order valence-corrected chi connectivity index (χ2v) is 2.46. The molecule has 0 aliphatic rings. The Bertz CT molecular complexity index is 127. The Balaban J connectivity index is 3.67. The molecule has 4 heteroatoms. The maximum atomic E-state index is 10.9. The van der Waals surface area contributed by atoms with Crippen LogP contribution in [-0.4, -0.2) is 47.3 Å². The van der Waals surface area contributed by atoms with Crippen molar-refractivity contribution in [3.63, 3.8) is 0 Å². The van der Waals surface area contributed by atoms with Crippen LogP contribution in [-0.2, 0) is 4.79 Å². The van der Waals surface area contributed by atoms with E-state index in [1.54, 1.807) is 14.0 Å². The number of nitrogens with zero attached hydrogens (tertiary/aromatic N) is 1. The molecular weight excluding hydrogens is 146 g/mol. The van der Waals surface area contributed by atoms with Gasteiger partial charge in [0.15, 0.2) is 0 Å². The van der Waals surface area contributed by atoms with Crippen LogP contribution < -0.4 is 0 Å². The molecule has 0 aromatic carbocycles. The molecule has 0 unspecified atom stereocenters. The maximum Gasteiger partial charge on any atom is 0.222 e. The van der Waals surface area contributed by atoms with Gasteiger partial charge in [0.1, 0.15) is 0 Å². The zero-order valence-electron chi connectivity index (χ0n) is 6.95. The lowest BCUT2D eigenvalue weighted by molar-refractivity contribution is -0.131. The predicted octanol–water partition coefficient (Wildman–Crippen LogP) is -0.792. The quantitative estimate of drug-likeness (QED) is 0.568. The molecule has 2 N–H and O–H groups in total. The van der Waals surface area contributed by atoms with Crippen LogP contribution in [0.25, 0.3) is 0 Å². The topological polar surface area (TPSA) is 60.8 Å². The first-order valence-corrected chi connectivity index (χ1v) is 3.64. The molecular formula is C7H15NO3. The van der Waals surface area contributed by atoms with Crippen molar-refractivity contribution >= 4 is 5.91 Å². The summed E-state index contributed by atoms with van der Waals surface area (Å²) in [6, 6.07) is 0. The van der Waals surface area contributed by atoms with Crippen molar-refractivity contribution in [1.82, 2.24) is 4.90 Å². The number of likely N-dealkylation sites (N-methyl/N-ethyl adjacent to an activating group) is 1. The van der Waals surface area contributed by atoms with Crippen molar-refractivity contribution in [3.05, 3.63) is 0 Å². The summed E-state index contributed by atoms with van der Waals surface area (Å²) < 4.78 is 0. The number of aliphatic hydroxyl groups excluding tert-OH is 2. The summed E-state index contributed by atoms with van der Waals surface area (Å²) in [5.41, 5.74) is 0. The van der Waals surface area contributed by atoms with Crippen molar-refractivity contribution in [2.24, 2.45) is 0 Å². The summed E-state index contributed by atoms with van der Waals surface area (Å²) in [7, 11) is 1.60. The van der Waals surface area contributed by atoms with Crippen LogP contribution >= 0.6 is 0 Å². The number of amides is 1. The van der Waals surface area contributed by atoms with E-state index in [-0.39, 0.29) is 19.1 Å². The van der Waals surface area contributed by atoms with Crippen molar-refractivity contribution < 1.29 is 15.0 Å². The summed E-state index contributed by atoms with van der Waals surface area (Å²) in [5.74, 6) is -0.0301. The first kappa shape index (κ1) is 10.4. The number of aliphatic hydroxyl groups is 2. The number of carbonyl (C=O) groups is 1. The third-order valence-corrected chi connectivity index (χ3v) is 1.42. The predicted molar refractivity (Wildman–Crippen MR) is 41.0 cm³/mol. The van der Waals surface area contributed by atoms with E-state index in [0.717, 1.165) is 0 Å². The van der Waals surface area contributed by atoms with E-state index in [2.05, 4.69) is 0 Å². The van der Waals surface area contributed by atoms with E-state index in [4.69, 9.17) is 10.2 Å². The first-order valence-electron chi connectivity index (χ1n) is 3.64. The Morgan fingerprint density at radius 1 is 1.64 bits per heavy atom. The fraction of sp³-hybridized carbons (Fsp3) is 0.857. The number of rotatable bonds is 4. The number of hydrogen-bond donors (Lipinski definition) is 2. The molecule has 1 atom stereocenters. The molecule has 1 amide bonds. The molecule has 0 radical (unpaired) electrons. The van der Waals surface area contributed by atoms with Gasteiger partial charge in [-0.25, -0.2) is 0 Å². The van der Waals surface area contributed by atoms with E-state index >= 15 is 0 Å². The largest absolute Gasteiger partial charge is 0.394 e. The number of carbonyl (C=O) groups excluding carboxylic acids is 1. The maximum absolute atomic E-state index is 10.9. The zero-order chi connectivity index (χ0) is 8.85. The van der Waals surface area contributed by atoms with Gasteiger partial charge in [-0.2, -0.15) is 0 Å². The summed E-state index contributed by atoms with van der Waals surface area (Å²) in [5, 5.41) is 17.4. The van der Waals surface area contributed by atoms with Gasteiger partial charge in [0.2, 0.25) is 5.91 Å². The molecule has 0 aliphatic carbocycles. The fourth-order valence-electron chi connectivity index (χ4n) is 0.746. The molecule has 0 saturated heterocycles. The molecule has 0 saturated carbocycles. The van der Waals surface area contributed by atoms with Crippen molar-refractivity contribution in [2.75, 3.05) is 20.2 Å². The van der Waals surface area contributed by atoms with Gasteiger partial charge < -0.3 is 15.1 Å². The molecule has 0 spiro atoms. The lowest BCUT2D eigenvalue weighted by Crippen LogP contribution is -2.35. The lowest BCUT2D eigenvalue weighted by atomic mass is 10.3. The van der Waals surface area contributed by atoms with Crippen molar-refractivity contribution in [1.29, 1.82) is 0 Å². The van der Waals surface area contributed by atoms with Crippen LogP contribution in [0, 0.1) is 0 Å². The van der Waals surface area contributed by atoms with E-state index in [1.165, 1.54) is 4.90 Å². The first-order chi connectivity index (χ1) is 5.11. The van der Waals surface area contributed by atoms with Gasteiger partial charge in [-0.05, 0) is 0 Å². The normalized spacial score (nSPS) is 12.7. The van der Waals surface area contributed by atoms with Gasteiger partial charge in [0.05, 0.1) is 12.7 Å². The van der Waals surface area contributed by atoms with E-state index in [1.807, 2.05) is 0 Å². The minimum Gasteiger partial charge on any atom is -0.394 e. The fourth-order valence-corrected chi connectivity index (χ4v) is 0.746. The molecule has 66 valence electrons. The smallest absolute Gasteiger partial charge is 0.222 e. The number of hydrogen-bond acceptors (Lipinski definition) is 3. The highest BCUT2D eigenvalue weighted by Crippen LogP contribution is 1.92. The molecule has 4 nitrogen and oxygen atoms in total. The molecule has 0 aromatic heterocycles. The van der Waals surface area contributed by atoms with E-state index in [9.17, 15) is 4.79 Å². The Hall–Kier alpha value is -0.610. The lowest BCUT2D eigenvalue weighted by Gasteiger charge is -2.18. The molecule has 0 heterocycles. The van der Waals surface area contributed by atoms with Gasteiger partial charge in [-0.3, -0.25) is 4.79 Å². The van der Waals surface area contributed by atoms with Crippen LogP contribution in [0.15, 0.2) is 0 Å². The molecule has 0 aromatic rings. The monoisotopic (exact) mass is 161 g/mol. The van der Waals surface area contributed by atoms with Gasteiger partial charge >= 0.3 is 0 Å². The Morgan fingerprint density at radius 3 is 2.55 bits per heavy atom. The van der Waals surface area contributed by atoms with Gasteiger partial charge in [0, 0.05) is 20.0 Å². The Kier molecular flexibility index (Phi) is 4.81. The summed E-state index contributed by atoms with van der Waals surface area (Å²) >= 11 is 0. The summed E-state index contributed by atoms with van der Waals surface area (Å²) in [4.78, 5) is 12.3. The van der Waals surface area contributed by atoms with Crippen LogP contribution in [0.1, 0.15) is 13.3 Å². The third kappa shape index (κ3) is 3.95. The van der Waals surface area contributed by atoms with Crippen molar-refractivity contribution in [3.8, 4) is 0 Å². The van der Waals surface area contributed by atoms with Crippen LogP contribution in [0.4, 0.5) is 0 Å². The highest BCUT2D eigenvalue weighted by atomic mass is 16.3. The van der Waals surface area contributed by atoms with Crippen LogP contribution in [0.2, 0.25) is 0 Å². The summed E-state index contributed by atoms with van der Waals surface area (Å²) in [6.45, 7) is 1.65. The van der Waals surface area contributed by atoms with Gasteiger partial charge in [0.25, 0.3) is 0 Å². The Morgan fingerprint density at radius 2 is 2.18 bits per heavy atom. The Labute approximate surface area is 66.4 Å². The molecule has 0 aliphatic heterocycles. The molecule has 0 bridgehead atoms. The third-order valence-electron chi connectivity index (χ3n) is 1.42. The molecule has 0 fully saturated rings. The minimum atomic E-state index is -0.824. The van der Waals surface area contributed by atoms with Crippen LogP contribution in [0.5, 0.6) is 0 Å². The average Bonchev–Trinajstić information content (AvgIpc) is 2.02. The van der Waals surface area contributed by atoms with Crippen LogP contribution in [0.3, 0.4) is 0 Å². The highest BCUT2D eigenvalue weighted by Gasteiger charge is 2.10. The average molecular weight is 161 g/mol. The van der Waals surface area contributed by atoms with Gasteiger partial charge in [-0.15, -0.1) is 0 Å². The van der Waals surface area contributed by atoms with Crippen molar-refractivity contribution in [2.45, 2.75) is 19.4 Å². The zero-order valence-corrected chi connectivity index (χ0v) is 6.95. The summed E-state index contributed by atoms with van der Waals surface area (Å²) in [6.07, 6.45) is -0.398. The second kappa shape index (κ2) is 5.09. The molecule has 0 rings (SSSR count).